The number of nitrogens with zero attached hydrogens (tertiary/aromatic N) is 1. The fraction of sp³-hybridized carbons (Fsp3) is 0.250. The van der Waals surface area contributed by atoms with Crippen LogP contribution in [-0.2, 0) is 12.7 Å². The standard InChI is InChI=1S/C12H11F3N2S.ClH/c1-7-11(17-10(6-16)18-7)8-2-4-9(5-3-8)12(13,14)15;/h2-5H,6,16H2,1H3;1H. The third kappa shape index (κ3) is 3.46. The van der Waals surface area contributed by atoms with Crippen LogP contribution in [0.25, 0.3) is 11.3 Å². The van der Waals surface area contributed by atoms with Gasteiger partial charge in [-0.15, -0.1) is 23.7 Å². The zero-order valence-electron chi connectivity index (χ0n) is 9.99. The van der Waals surface area contributed by atoms with Crippen molar-refractivity contribution in [1.82, 2.24) is 4.98 Å². The summed E-state index contributed by atoms with van der Waals surface area (Å²) < 4.78 is 37.3. The van der Waals surface area contributed by atoms with Gasteiger partial charge < -0.3 is 5.73 Å². The molecule has 1 aromatic carbocycles. The number of hydrogen-bond acceptors (Lipinski definition) is 3. The first kappa shape index (κ1) is 15.9. The highest BCUT2D eigenvalue weighted by Gasteiger charge is 2.30. The van der Waals surface area contributed by atoms with Crippen LogP contribution in [0, 0.1) is 6.92 Å². The first-order valence-electron chi connectivity index (χ1n) is 5.26. The van der Waals surface area contributed by atoms with Gasteiger partial charge in [-0.25, -0.2) is 4.98 Å². The quantitative estimate of drug-likeness (QED) is 0.910. The van der Waals surface area contributed by atoms with E-state index in [9.17, 15) is 13.2 Å². The number of thiazole rings is 1. The number of rotatable bonds is 2. The molecular formula is C12H12ClF3N2S. The van der Waals surface area contributed by atoms with E-state index in [-0.39, 0.29) is 12.4 Å². The molecule has 0 atom stereocenters. The van der Waals surface area contributed by atoms with Crippen molar-refractivity contribution < 1.29 is 13.2 Å². The molecule has 7 heteroatoms. The zero-order valence-corrected chi connectivity index (χ0v) is 11.6. The minimum absolute atomic E-state index is 0. The molecule has 19 heavy (non-hydrogen) atoms. The van der Waals surface area contributed by atoms with Crippen LogP contribution in [0.2, 0.25) is 0 Å². The Morgan fingerprint density at radius 1 is 1.21 bits per heavy atom. The molecule has 1 heterocycles. The zero-order chi connectivity index (χ0) is 13.3. The van der Waals surface area contributed by atoms with E-state index in [0.29, 0.717) is 17.8 Å². The second-order valence-corrected chi connectivity index (χ2v) is 5.08. The normalized spacial score (nSPS) is 11.2. The van der Waals surface area contributed by atoms with E-state index >= 15 is 0 Å². The average molecular weight is 309 g/mol. The number of alkyl halides is 3. The Morgan fingerprint density at radius 3 is 2.21 bits per heavy atom. The SMILES string of the molecule is Cc1sc(CN)nc1-c1ccc(C(F)(F)F)cc1.Cl. The maximum absolute atomic E-state index is 12.4. The van der Waals surface area contributed by atoms with Gasteiger partial charge >= 0.3 is 6.18 Å². The van der Waals surface area contributed by atoms with Crippen molar-refractivity contribution in [1.29, 1.82) is 0 Å². The maximum Gasteiger partial charge on any atom is 0.416 e. The second kappa shape index (κ2) is 5.90. The molecule has 0 spiro atoms. The lowest BCUT2D eigenvalue weighted by Crippen LogP contribution is -2.04. The average Bonchev–Trinajstić information content (AvgIpc) is 2.70. The lowest BCUT2D eigenvalue weighted by atomic mass is 10.1. The topological polar surface area (TPSA) is 38.9 Å². The molecule has 2 rings (SSSR count). The Labute approximate surface area is 118 Å². The van der Waals surface area contributed by atoms with Crippen LogP contribution in [0.5, 0.6) is 0 Å². The Hall–Kier alpha value is -1.11. The minimum Gasteiger partial charge on any atom is -0.325 e. The molecule has 2 N–H and O–H groups in total. The molecule has 2 aromatic rings. The molecule has 0 saturated heterocycles. The summed E-state index contributed by atoms with van der Waals surface area (Å²) in [6, 6.07) is 5.00. The Kier molecular flexibility index (Phi) is 4.95. The third-order valence-electron chi connectivity index (χ3n) is 2.50. The summed E-state index contributed by atoms with van der Waals surface area (Å²) in [7, 11) is 0. The predicted molar refractivity (Wildman–Crippen MR) is 72.4 cm³/mol. The summed E-state index contributed by atoms with van der Waals surface area (Å²) in [6.07, 6.45) is -4.31. The van der Waals surface area contributed by atoms with Gasteiger partial charge in [0.1, 0.15) is 5.01 Å². The second-order valence-electron chi connectivity index (χ2n) is 3.79. The van der Waals surface area contributed by atoms with Gasteiger partial charge in [-0.05, 0) is 19.1 Å². The number of halogens is 4. The molecule has 0 radical (unpaired) electrons. The van der Waals surface area contributed by atoms with E-state index in [0.717, 1.165) is 22.0 Å². The first-order valence-corrected chi connectivity index (χ1v) is 6.07. The van der Waals surface area contributed by atoms with Crippen molar-refractivity contribution in [3.63, 3.8) is 0 Å². The van der Waals surface area contributed by atoms with Gasteiger partial charge in [0, 0.05) is 17.0 Å². The molecule has 0 aliphatic heterocycles. The highest BCUT2D eigenvalue weighted by molar-refractivity contribution is 7.12. The van der Waals surface area contributed by atoms with E-state index in [1.807, 2.05) is 6.92 Å². The number of benzene rings is 1. The lowest BCUT2D eigenvalue weighted by molar-refractivity contribution is -0.137. The Morgan fingerprint density at radius 2 is 1.79 bits per heavy atom. The molecule has 0 amide bonds. The smallest absolute Gasteiger partial charge is 0.325 e. The molecule has 0 bridgehead atoms. The van der Waals surface area contributed by atoms with Crippen LogP contribution in [0.4, 0.5) is 13.2 Å². The molecule has 0 aliphatic carbocycles. The minimum atomic E-state index is -4.31. The fourth-order valence-electron chi connectivity index (χ4n) is 1.62. The maximum atomic E-state index is 12.4. The molecule has 104 valence electrons. The van der Waals surface area contributed by atoms with Crippen molar-refractivity contribution in [2.24, 2.45) is 5.73 Å². The van der Waals surface area contributed by atoms with E-state index in [2.05, 4.69) is 4.98 Å². The summed E-state index contributed by atoms with van der Waals surface area (Å²) in [5.41, 5.74) is 6.22. The first-order chi connectivity index (χ1) is 8.41. The molecule has 2 nitrogen and oxygen atoms in total. The molecule has 0 aliphatic rings. The van der Waals surface area contributed by atoms with Crippen molar-refractivity contribution in [3.8, 4) is 11.3 Å². The third-order valence-corrected chi connectivity index (χ3v) is 3.49. The van der Waals surface area contributed by atoms with E-state index in [1.165, 1.54) is 23.5 Å². The van der Waals surface area contributed by atoms with Crippen molar-refractivity contribution in [3.05, 3.63) is 39.7 Å². The molecular weight excluding hydrogens is 297 g/mol. The van der Waals surface area contributed by atoms with Crippen LogP contribution in [-0.4, -0.2) is 4.98 Å². The number of aryl methyl sites for hydroxylation is 1. The summed E-state index contributed by atoms with van der Waals surface area (Å²) >= 11 is 1.46. The van der Waals surface area contributed by atoms with Gasteiger partial charge in [0.2, 0.25) is 0 Å². The number of nitrogens with two attached hydrogens (primary N) is 1. The number of aromatic nitrogens is 1. The van der Waals surface area contributed by atoms with Gasteiger partial charge in [-0.1, -0.05) is 12.1 Å². The Balaban J connectivity index is 0.00000180. The highest BCUT2D eigenvalue weighted by Crippen LogP contribution is 2.32. The molecule has 0 fully saturated rings. The van der Waals surface area contributed by atoms with Gasteiger partial charge in [0.25, 0.3) is 0 Å². The van der Waals surface area contributed by atoms with Crippen LogP contribution in [0.3, 0.4) is 0 Å². The molecule has 1 aromatic heterocycles. The summed E-state index contributed by atoms with van der Waals surface area (Å²) in [4.78, 5) is 5.26. The summed E-state index contributed by atoms with van der Waals surface area (Å²) in [5, 5.41) is 0.780. The Bertz CT molecular complexity index is 549. The fourth-order valence-corrected chi connectivity index (χ4v) is 2.46. The molecule has 0 saturated carbocycles. The van der Waals surface area contributed by atoms with Gasteiger partial charge in [0.05, 0.1) is 11.3 Å². The van der Waals surface area contributed by atoms with Crippen LogP contribution in [0.15, 0.2) is 24.3 Å². The van der Waals surface area contributed by atoms with Crippen LogP contribution < -0.4 is 5.73 Å². The largest absolute Gasteiger partial charge is 0.416 e. The monoisotopic (exact) mass is 308 g/mol. The van der Waals surface area contributed by atoms with Gasteiger partial charge in [-0.2, -0.15) is 13.2 Å². The van der Waals surface area contributed by atoms with Gasteiger partial charge in [-0.3, -0.25) is 0 Å². The van der Waals surface area contributed by atoms with E-state index in [1.54, 1.807) is 0 Å². The highest BCUT2D eigenvalue weighted by atomic mass is 35.5. The van der Waals surface area contributed by atoms with Crippen LogP contribution in [0.1, 0.15) is 15.4 Å². The lowest BCUT2D eigenvalue weighted by Gasteiger charge is -2.06. The van der Waals surface area contributed by atoms with Gasteiger partial charge in [0.15, 0.2) is 0 Å². The summed E-state index contributed by atoms with van der Waals surface area (Å²) in [5.74, 6) is 0. The van der Waals surface area contributed by atoms with E-state index < -0.39 is 11.7 Å². The number of hydrogen-bond donors (Lipinski definition) is 1. The van der Waals surface area contributed by atoms with Crippen LogP contribution >= 0.6 is 23.7 Å². The van der Waals surface area contributed by atoms with Crippen molar-refractivity contribution in [2.45, 2.75) is 19.6 Å². The van der Waals surface area contributed by atoms with Crippen molar-refractivity contribution in [2.75, 3.05) is 0 Å². The predicted octanol–water partition coefficient (Wildman–Crippen LogP) is 4.02. The summed E-state index contributed by atoms with van der Waals surface area (Å²) in [6.45, 7) is 2.22. The molecule has 0 unspecified atom stereocenters. The van der Waals surface area contributed by atoms with E-state index in [4.69, 9.17) is 5.73 Å². The van der Waals surface area contributed by atoms with Crippen molar-refractivity contribution >= 4 is 23.7 Å².